The molecule has 0 saturated carbocycles. The van der Waals surface area contributed by atoms with Crippen LogP contribution >= 0.6 is 0 Å². The zero-order valence-electron chi connectivity index (χ0n) is 12.1. The monoisotopic (exact) mass is 258 g/mol. The number of nitrogens with one attached hydrogen (secondary N) is 1. The quantitative estimate of drug-likeness (QED) is 0.796. The molecule has 0 spiro atoms. The normalized spacial score (nSPS) is 18.7. The number of likely N-dealkylation sites (tertiary alicyclic amines) is 1. The maximum Gasteiger partial charge on any atom is 0.410 e. The highest BCUT2D eigenvalue weighted by atomic mass is 16.6. The Morgan fingerprint density at radius 1 is 1.44 bits per heavy atom. The fourth-order valence-electron chi connectivity index (χ4n) is 1.82. The number of amides is 1. The average molecular weight is 258 g/mol. The summed E-state index contributed by atoms with van der Waals surface area (Å²) in [4.78, 5) is 13.4. The Bertz CT molecular complexity index is 280. The first-order chi connectivity index (χ1) is 8.23. The van der Waals surface area contributed by atoms with Crippen LogP contribution in [0.25, 0.3) is 0 Å². The molecule has 5 nitrogen and oxygen atoms in total. The van der Waals surface area contributed by atoms with E-state index >= 15 is 0 Å². The van der Waals surface area contributed by atoms with Gasteiger partial charge in [-0.25, -0.2) is 4.79 Å². The van der Waals surface area contributed by atoms with Crippen molar-refractivity contribution in [3.63, 3.8) is 0 Å². The number of nitrogens with zero attached hydrogens (tertiary/aromatic N) is 1. The predicted octanol–water partition coefficient (Wildman–Crippen LogP) is 1.21. The van der Waals surface area contributed by atoms with Crippen molar-refractivity contribution < 1.29 is 14.6 Å². The van der Waals surface area contributed by atoms with Crippen molar-refractivity contribution in [1.82, 2.24) is 10.2 Å². The van der Waals surface area contributed by atoms with Gasteiger partial charge in [-0.1, -0.05) is 13.8 Å². The van der Waals surface area contributed by atoms with Gasteiger partial charge in [-0.05, 0) is 26.7 Å². The number of carbonyl (C=O) groups excluding carboxylic acids is 1. The summed E-state index contributed by atoms with van der Waals surface area (Å²) in [6, 6.07) is 0.354. The lowest BCUT2D eigenvalue weighted by Gasteiger charge is -2.42. The second-order valence-electron chi connectivity index (χ2n) is 6.28. The molecule has 0 aromatic heterocycles. The van der Waals surface area contributed by atoms with E-state index in [4.69, 9.17) is 4.74 Å². The summed E-state index contributed by atoms with van der Waals surface area (Å²) in [6.07, 6.45) is -0.259. The number of aliphatic hydroxyl groups is 1. The molecule has 0 aromatic carbocycles. The first-order valence-electron chi connectivity index (χ1n) is 6.57. The summed E-state index contributed by atoms with van der Waals surface area (Å²) in [5.41, 5.74) is -0.443. The summed E-state index contributed by atoms with van der Waals surface area (Å²) < 4.78 is 5.28. The highest BCUT2D eigenvalue weighted by molar-refractivity contribution is 5.69. The molecule has 5 heteroatoms. The van der Waals surface area contributed by atoms with Gasteiger partial charge in [0.1, 0.15) is 5.60 Å². The molecule has 1 atom stereocenters. The van der Waals surface area contributed by atoms with Crippen molar-refractivity contribution in [2.45, 2.75) is 52.3 Å². The minimum Gasteiger partial charge on any atom is -0.444 e. The Balaban J connectivity index is 2.29. The first-order valence-corrected chi connectivity index (χ1v) is 6.57. The van der Waals surface area contributed by atoms with Gasteiger partial charge in [0.2, 0.25) is 0 Å². The zero-order valence-corrected chi connectivity index (χ0v) is 12.1. The molecule has 1 aliphatic heterocycles. The van der Waals surface area contributed by atoms with E-state index in [0.29, 0.717) is 19.0 Å². The van der Waals surface area contributed by atoms with Gasteiger partial charge in [-0.15, -0.1) is 0 Å². The van der Waals surface area contributed by atoms with E-state index in [0.717, 1.165) is 0 Å². The van der Waals surface area contributed by atoms with E-state index in [1.807, 2.05) is 20.8 Å². The molecule has 2 N–H and O–H groups in total. The predicted molar refractivity (Wildman–Crippen MR) is 70.4 cm³/mol. The van der Waals surface area contributed by atoms with Crippen molar-refractivity contribution in [3.05, 3.63) is 0 Å². The molecule has 1 saturated heterocycles. The first kappa shape index (κ1) is 15.2. The number of rotatable bonds is 4. The van der Waals surface area contributed by atoms with Gasteiger partial charge >= 0.3 is 6.09 Å². The summed E-state index contributed by atoms with van der Waals surface area (Å²) in [5.74, 6) is 0.380. The van der Waals surface area contributed by atoms with E-state index in [1.54, 1.807) is 4.90 Å². The Hall–Kier alpha value is -0.810. The number of carbonyl (C=O) groups is 1. The van der Waals surface area contributed by atoms with Crippen molar-refractivity contribution in [3.8, 4) is 0 Å². The average Bonchev–Trinajstić information content (AvgIpc) is 2.12. The number of hydrogen-bond donors (Lipinski definition) is 2. The zero-order chi connectivity index (χ0) is 13.9. The van der Waals surface area contributed by atoms with Crippen LogP contribution in [0.4, 0.5) is 4.79 Å². The Kier molecular flexibility index (Phi) is 4.99. The number of hydrogen-bond acceptors (Lipinski definition) is 4. The summed E-state index contributed by atoms with van der Waals surface area (Å²) in [7, 11) is 0. The van der Waals surface area contributed by atoms with Gasteiger partial charge in [-0.3, -0.25) is 0 Å². The molecule has 1 rings (SSSR count). The van der Waals surface area contributed by atoms with Gasteiger partial charge in [0.25, 0.3) is 0 Å². The molecular formula is C13H26N2O3. The van der Waals surface area contributed by atoms with E-state index < -0.39 is 5.60 Å². The van der Waals surface area contributed by atoms with Crippen molar-refractivity contribution in [2.75, 3.05) is 19.7 Å². The van der Waals surface area contributed by atoms with Crippen LogP contribution in [0, 0.1) is 5.92 Å². The van der Waals surface area contributed by atoms with Crippen LogP contribution < -0.4 is 5.32 Å². The summed E-state index contributed by atoms with van der Waals surface area (Å²) in [6.45, 7) is 11.1. The molecule has 0 aromatic rings. The molecule has 1 amide bonds. The number of ether oxygens (including phenoxy) is 1. The lowest BCUT2D eigenvalue weighted by atomic mass is 10.0. The highest BCUT2D eigenvalue weighted by Gasteiger charge is 2.34. The third kappa shape index (κ3) is 4.46. The molecule has 0 bridgehead atoms. The maximum absolute atomic E-state index is 11.7. The molecule has 0 radical (unpaired) electrons. The van der Waals surface area contributed by atoms with Gasteiger partial charge in [-0.2, -0.15) is 0 Å². The van der Waals surface area contributed by atoms with Crippen molar-refractivity contribution in [2.24, 2.45) is 5.92 Å². The van der Waals surface area contributed by atoms with Crippen LogP contribution in [0.3, 0.4) is 0 Å². The lowest BCUT2D eigenvalue weighted by Crippen LogP contribution is -2.63. The molecule has 1 heterocycles. The largest absolute Gasteiger partial charge is 0.444 e. The van der Waals surface area contributed by atoms with Crippen LogP contribution in [0.15, 0.2) is 0 Å². The SMILES string of the molecule is CC(C)[C@@H](CO)NC1CN(C(=O)OC(C)(C)C)C1. The summed E-state index contributed by atoms with van der Waals surface area (Å²) >= 11 is 0. The second kappa shape index (κ2) is 5.89. The van der Waals surface area contributed by atoms with Gasteiger partial charge in [0.05, 0.1) is 6.61 Å². The van der Waals surface area contributed by atoms with Crippen molar-refractivity contribution >= 4 is 6.09 Å². The molecular weight excluding hydrogens is 232 g/mol. The van der Waals surface area contributed by atoms with Crippen molar-refractivity contribution in [1.29, 1.82) is 0 Å². The summed E-state index contributed by atoms with van der Waals surface area (Å²) in [5, 5.41) is 12.6. The van der Waals surface area contributed by atoms with Gasteiger partial charge < -0.3 is 20.1 Å². The van der Waals surface area contributed by atoms with Crippen LogP contribution in [-0.4, -0.2) is 53.5 Å². The second-order valence-corrected chi connectivity index (χ2v) is 6.28. The molecule has 1 fully saturated rings. The topological polar surface area (TPSA) is 61.8 Å². The third-order valence-electron chi connectivity index (χ3n) is 2.98. The third-order valence-corrected chi connectivity index (χ3v) is 2.98. The van der Waals surface area contributed by atoms with Gasteiger partial charge in [0.15, 0.2) is 0 Å². The number of aliphatic hydroxyl groups excluding tert-OH is 1. The molecule has 18 heavy (non-hydrogen) atoms. The van der Waals surface area contributed by atoms with Crippen LogP contribution in [0.2, 0.25) is 0 Å². The maximum atomic E-state index is 11.7. The standard InChI is InChI=1S/C13H26N2O3/c1-9(2)11(8-16)14-10-6-15(7-10)12(17)18-13(3,4)5/h9-11,14,16H,6-8H2,1-5H3/t11-/m1/s1. The Morgan fingerprint density at radius 3 is 2.39 bits per heavy atom. The van der Waals surface area contributed by atoms with E-state index in [1.165, 1.54) is 0 Å². The molecule has 0 aliphatic carbocycles. The molecule has 1 aliphatic rings. The van der Waals surface area contributed by atoms with Crippen LogP contribution in [0.1, 0.15) is 34.6 Å². The van der Waals surface area contributed by atoms with Crippen LogP contribution in [0.5, 0.6) is 0 Å². The minimum absolute atomic E-state index is 0.0933. The smallest absolute Gasteiger partial charge is 0.410 e. The Labute approximate surface area is 109 Å². The van der Waals surface area contributed by atoms with E-state index in [9.17, 15) is 9.90 Å². The van der Waals surface area contributed by atoms with E-state index in [-0.39, 0.29) is 24.8 Å². The lowest BCUT2D eigenvalue weighted by molar-refractivity contribution is 0.00253. The Morgan fingerprint density at radius 2 is 2.00 bits per heavy atom. The minimum atomic E-state index is -0.443. The van der Waals surface area contributed by atoms with Crippen LogP contribution in [-0.2, 0) is 4.74 Å². The van der Waals surface area contributed by atoms with Gasteiger partial charge in [0, 0.05) is 25.2 Å². The molecule has 0 unspecified atom stereocenters. The fourth-order valence-corrected chi connectivity index (χ4v) is 1.82. The van der Waals surface area contributed by atoms with E-state index in [2.05, 4.69) is 19.2 Å². The highest BCUT2D eigenvalue weighted by Crippen LogP contribution is 2.16. The molecule has 106 valence electrons. The fraction of sp³-hybridized carbons (Fsp3) is 0.923.